The zero-order valence-electron chi connectivity index (χ0n) is 1.83. The smallest absolute Gasteiger partial charge is 1.00 e. The van der Waals surface area contributed by atoms with Crippen molar-refractivity contribution in [2.75, 3.05) is 0 Å². The summed E-state index contributed by atoms with van der Waals surface area (Å²) < 4.78 is 0. The van der Waals surface area contributed by atoms with Gasteiger partial charge in [-0.3, -0.25) is 0 Å². The molecule has 0 aliphatic carbocycles. The van der Waals surface area contributed by atoms with Crippen LogP contribution < -0.4 is 24.8 Å². The van der Waals surface area contributed by atoms with Gasteiger partial charge in [-0.15, -0.1) is 0 Å². The van der Waals surface area contributed by atoms with Gasteiger partial charge in [0.2, 0.25) is 0 Å². The molecule has 2 N–H and O–H groups in total. The molecule has 0 saturated carbocycles. The fourth-order valence-corrected chi connectivity index (χ4v) is 0. The summed E-state index contributed by atoms with van der Waals surface area (Å²) in [6, 6.07) is 0. The first-order chi connectivity index (χ1) is 0. The van der Waals surface area contributed by atoms with Crippen molar-refractivity contribution in [3.8, 4) is 0 Å². The van der Waals surface area contributed by atoms with Crippen molar-refractivity contribution in [1.29, 1.82) is 0 Å². The fraction of sp³-hybridized carbons (Fsp3) is 0. The normalized spacial score (nSPS) is 0. The minimum absolute atomic E-state index is 0. The van der Waals surface area contributed by atoms with E-state index < -0.39 is 0 Å². The summed E-state index contributed by atoms with van der Waals surface area (Å²) in [4.78, 5) is 0. The molecule has 0 aromatic rings. The molecule has 0 aromatic heterocycles. The zero-order chi connectivity index (χ0) is 0. The Bertz CT molecular complexity index is 6.00. The van der Waals surface area contributed by atoms with Gasteiger partial charge in [-0.1, -0.05) is 0 Å². The molecule has 0 atom stereocenters. The molecule has 0 saturated heterocycles. The quantitative estimate of drug-likeness (QED) is 0.355. The average Bonchev–Trinajstić information content (AvgIpc) is 0. The van der Waals surface area contributed by atoms with Crippen LogP contribution in [-0.2, 0) is 26.2 Å². The van der Waals surface area contributed by atoms with Crippen LogP contribution >= 0.6 is 0 Å². The first-order valence-corrected chi connectivity index (χ1v) is 0. The van der Waals surface area contributed by atoms with Crippen LogP contribution in [0.2, 0.25) is 0 Å². The van der Waals surface area contributed by atoms with E-state index >= 15 is 0 Å². The molecule has 25 valence electrons. The zero-order valence-corrected chi connectivity index (χ0v) is 5.80. The van der Waals surface area contributed by atoms with Crippen molar-refractivity contribution in [3.63, 3.8) is 0 Å². The Morgan fingerprint density at radius 2 is 0.750 bits per heavy atom. The summed E-state index contributed by atoms with van der Waals surface area (Å²) in [5.41, 5.74) is 0. The van der Waals surface area contributed by atoms with E-state index in [1.807, 2.05) is 0 Å². The molecular weight excluding hydrogens is 176 g/mol. The molecule has 0 bridgehead atoms. The molecule has 1 radical (unpaired) electrons. The Morgan fingerprint density at radius 3 is 0.750 bits per heavy atom. The van der Waals surface area contributed by atoms with Crippen LogP contribution in [0.25, 0.3) is 6.15 Å². The van der Waals surface area contributed by atoms with E-state index in [-0.39, 0.29) is 57.2 Å². The van der Waals surface area contributed by atoms with Gasteiger partial charge in [-0.2, -0.15) is 0 Å². The van der Waals surface area contributed by atoms with Crippen molar-refractivity contribution in [2.45, 2.75) is 0 Å². The van der Waals surface area contributed by atoms with Crippen LogP contribution in [0.5, 0.6) is 0 Å². The van der Waals surface area contributed by atoms with Crippen LogP contribution in [0.1, 0.15) is 0 Å². The van der Waals surface area contributed by atoms with Gasteiger partial charge in [-0.25, -0.2) is 0 Å². The van der Waals surface area contributed by atoms with E-state index in [4.69, 9.17) is 0 Å². The van der Waals surface area contributed by atoms with Crippen LogP contribution in [0.3, 0.4) is 0 Å². The molecular formula is H2Cl2NZr. The first kappa shape index (κ1) is 52.4. The Balaban J connectivity index is 0. The molecule has 0 aliphatic rings. The maximum Gasteiger partial charge on any atom is 3.00 e. The number of rotatable bonds is 0. The van der Waals surface area contributed by atoms with E-state index in [1.165, 1.54) is 0 Å². The van der Waals surface area contributed by atoms with Crippen molar-refractivity contribution in [2.24, 2.45) is 0 Å². The summed E-state index contributed by atoms with van der Waals surface area (Å²) in [6.07, 6.45) is 0. The Hall–Kier alpha value is 1.42. The molecule has 0 aromatic carbocycles. The predicted molar refractivity (Wildman–Crippen MR) is 5.28 cm³/mol. The summed E-state index contributed by atoms with van der Waals surface area (Å²) >= 11 is 0. The molecule has 0 aliphatic heterocycles. The number of hydrogen-bond acceptors (Lipinski definition) is 0. The van der Waals surface area contributed by atoms with Gasteiger partial charge < -0.3 is 31.0 Å². The monoisotopic (exact) mass is 176 g/mol. The van der Waals surface area contributed by atoms with Gasteiger partial charge >= 0.3 is 26.2 Å². The first-order valence-electron chi connectivity index (χ1n) is 0. The van der Waals surface area contributed by atoms with E-state index in [2.05, 4.69) is 0 Å². The third-order valence-electron chi connectivity index (χ3n) is 0. The Kier molecular flexibility index (Phi) is 335. The topological polar surface area (TPSA) is 33.5 Å². The van der Waals surface area contributed by atoms with Gasteiger partial charge in [0, 0.05) is 0 Å². The maximum atomic E-state index is 0. The van der Waals surface area contributed by atoms with Crippen LogP contribution in [-0.4, -0.2) is 0 Å². The van der Waals surface area contributed by atoms with Crippen molar-refractivity contribution in [3.05, 3.63) is 6.15 Å². The second-order valence-electron chi connectivity index (χ2n) is 0. The summed E-state index contributed by atoms with van der Waals surface area (Å²) in [5.74, 6) is 0. The van der Waals surface area contributed by atoms with Gasteiger partial charge in [-0.05, 0) is 0 Å². The second kappa shape index (κ2) is 25.6. The molecule has 0 rings (SSSR count). The maximum absolute atomic E-state index is 0. The molecule has 0 spiro atoms. The third-order valence-corrected chi connectivity index (χ3v) is 0. The third kappa shape index (κ3) is 9.92. The van der Waals surface area contributed by atoms with E-state index in [1.54, 1.807) is 0 Å². The van der Waals surface area contributed by atoms with Crippen LogP contribution in [0, 0.1) is 0 Å². The molecule has 0 unspecified atom stereocenters. The van der Waals surface area contributed by atoms with Gasteiger partial charge in [0.25, 0.3) is 0 Å². The second-order valence-corrected chi connectivity index (χ2v) is 0. The minimum Gasteiger partial charge on any atom is -1.00 e. The van der Waals surface area contributed by atoms with Gasteiger partial charge in [0.05, 0.1) is 0 Å². The van der Waals surface area contributed by atoms with Crippen LogP contribution in [0.4, 0.5) is 0 Å². The SMILES string of the molecule is [Cl-].[Cl-].[NH2-].[Zr+3]. The standard InChI is InChI=1S/2ClH.H2N.Zr/h2*1H;1H2;/q;;-1;+3/p-2. The summed E-state index contributed by atoms with van der Waals surface area (Å²) in [6.45, 7) is 0. The molecule has 0 heterocycles. The summed E-state index contributed by atoms with van der Waals surface area (Å²) in [7, 11) is 0. The Morgan fingerprint density at radius 1 is 0.750 bits per heavy atom. The largest absolute Gasteiger partial charge is 3.00 e. The van der Waals surface area contributed by atoms with Gasteiger partial charge in [0.15, 0.2) is 0 Å². The van der Waals surface area contributed by atoms with Gasteiger partial charge in [0.1, 0.15) is 0 Å². The average molecular weight is 178 g/mol. The predicted octanol–water partition coefficient (Wildman–Crippen LogP) is -5.28. The molecule has 4 heavy (non-hydrogen) atoms. The van der Waals surface area contributed by atoms with Crippen molar-refractivity contribution in [1.82, 2.24) is 0 Å². The Labute approximate surface area is 57.1 Å². The van der Waals surface area contributed by atoms with E-state index in [0.717, 1.165) is 0 Å². The van der Waals surface area contributed by atoms with Crippen molar-refractivity contribution < 1.29 is 51.0 Å². The van der Waals surface area contributed by atoms with E-state index in [9.17, 15) is 0 Å². The van der Waals surface area contributed by atoms with Crippen molar-refractivity contribution >= 4 is 0 Å². The molecule has 1 nitrogen and oxygen atoms in total. The summed E-state index contributed by atoms with van der Waals surface area (Å²) in [5, 5.41) is 0. The van der Waals surface area contributed by atoms with E-state index in [0.29, 0.717) is 0 Å². The van der Waals surface area contributed by atoms with Crippen LogP contribution in [0.15, 0.2) is 0 Å². The number of hydrogen-bond donors (Lipinski definition) is 0. The molecule has 0 amide bonds. The number of halogens is 2. The molecule has 4 heteroatoms. The minimum atomic E-state index is 0. The number of nitrogens with two attached hydrogens (primary N) is 1. The fourth-order valence-electron chi connectivity index (χ4n) is 0. The molecule has 0 fully saturated rings.